The molecule has 0 aliphatic heterocycles. The first-order valence-corrected chi connectivity index (χ1v) is 8.68. The van der Waals surface area contributed by atoms with Crippen molar-refractivity contribution in [3.05, 3.63) is 28.8 Å². The van der Waals surface area contributed by atoms with E-state index in [-0.39, 0.29) is 22.6 Å². The third-order valence-electron chi connectivity index (χ3n) is 2.77. The molecule has 116 valence electrons. The van der Waals surface area contributed by atoms with Crippen LogP contribution in [0.3, 0.4) is 0 Å². The minimum atomic E-state index is -3.62. The van der Waals surface area contributed by atoms with E-state index in [1.54, 1.807) is 6.07 Å². The van der Waals surface area contributed by atoms with Gasteiger partial charge in [-0.25, -0.2) is 13.1 Å². The zero-order chi connectivity index (χ0) is 15.9. The van der Waals surface area contributed by atoms with Crippen LogP contribution in [0.15, 0.2) is 23.1 Å². The van der Waals surface area contributed by atoms with Crippen LogP contribution in [0.25, 0.3) is 0 Å². The van der Waals surface area contributed by atoms with Gasteiger partial charge in [0.05, 0.1) is 11.6 Å². The van der Waals surface area contributed by atoms with E-state index in [0.29, 0.717) is 12.0 Å². The summed E-state index contributed by atoms with van der Waals surface area (Å²) in [6, 6.07) is 4.44. The quantitative estimate of drug-likeness (QED) is 0.788. The van der Waals surface area contributed by atoms with Crippen molar-refractivity contribution in [3.63, 3.8) is 0 Å². The molecule has 0 aliphatic carbocycles. The van der Waals surface area contributed by atoms with Gasteiger partial charge in [0.25, 0.3) is 0 Å². The lowest BCUT2D eigenvalue weighted by Crippen LogP contribution is -2.32. The number of halogens is 1. The second-order valence-corrected chi connectivity index (χ2v) is 6.82. The van der Waals surface area contributed by atoms with Gasteiger partial charge in [0.15, 0.2) is 0 Å². The number of rotatable bonds is 6. The fourth-order valence-corrected chi connectivity index (χ4v) is 3.66. The van der Waals surface area contributed by atoms with E-state index in [2.05, 4.69) is 16.6 Å². The largest absolute Gasteiger partial charge is 0.395 e. The van der Waals surface area contributed by atoms with E-state index in [4.69, 9.17) is 16.7 Å². The summed E-state index contributed by atoms with van der Waals surface area (Å²) in [5.74, 6) is 5.58. The summed E-state index contributed by atoms with van der Waals surface area (Å²) in [7, 11) is -3.62. The molecule has 2 N–H and O–H groups in total. The van der Waals surface area contributed by atoms with Gasteiger partial charge in [-0.2, -0.15) is 0 Å². The van der Waals surface area contributed by atoms with Gasteiger partial charge < -0.3 is 5.11 Å². The molecule has 0 bridgehead atoms. The van der Waals surface area contributed by atoms with Crippen LogP contribution in [-0.2, 0) is 10.0 Å². The molecule has 6 heteroatoms. The van der Waals surface area contributed by atoms with Gasteiger partial charge in [-0.3, -0.25) is 0 Å². The predicted octanol–water partition coefficient (Wildman–Crippen LogP) is 2.54. The summed E-state index contributed by atoms with van der Waals surface area (Å²) in [6.07, 6.45) is 2.03. The Morgan fingerprint density at radius 2 is 2.14 bits per heavy atom. The molecule has 21 heavy (non-hydrogen) atoms. The van der Waals surface area contributed by atoms with E-state index in [0.717, 1.165) is 12.8 Å². The molecule has 1 aromatic rings. The van der Waals surface area contributed by atoms with Crippen LogP contribution in [-0.4, -0.2) is 26.2 Å². The van der Waals surface area contributed by atoms with Crippen molar-refractivity contribution < 1.29 is 13.5 Å². The van der Waals surface area contributed by atoms with Crippen LogP contribution in [0.5, 0.6) is 0 Å². The Bertz CT molecular complexity index is 632. The fraction of sp³-hybridized carbons (Fsp3) is 0.467. The maximum Gasteiger partial charge on any atom is 0.242 e. The van der Waals surface area contributed by atoms with Gasteiger partial charge in [0.2, 0.25) is 10.0 Å². The van der Waals surface area contributed by atoms with Crippen molar-refractivity contribution >= 4 is 21.6 Å². The zero-order valence-electron chi connectivity index (χ0n) is 12.2. The SMILES string of the molecule is CCCC(C)NS(=O)(=O)c1ccc(C#CCCO)cc1Cl. The molecular formula is C15H20ClNO3S. The van der Waals surface area contributed by atoms with Crippen molar-refractivity contribution in [2.45, 2.75) is 44.0 Å². The number of aliphatic hydroxyl groups excluding tert-OH is 1. The molecule has 0 radical (unpaired) electrons. The van der Waals surface area contributed by atoms with Gasteiger partial charge >= 0.3 is 0 Å². The molecule has 0 fully saturated rings. The first-order chi connectivity index (χ1) is 9.90. The molecule has 1 aromatic carbocycles. The highest BCUT2D eigenvalue weighted by atomic mass is 35.5. The molecule has 1 atom stereocenters. The minimum absolute atomic E-state index is 0.00751. The van der Waals surface area contributed by atoms with Crippen LogP contribution in [0.2, 0.25) is 5.02 Å². The van der Waals surface area contributed by atoms with Crippen molar-refractivity contribution in [3.8, 4) is 11.8 Å². The number of hydrogen-bond acceptors (Lipinski definition) is 3. The van der Waals surface area contributed by atoms with Gasteiger partial charge in [-0.15, -0.1) is 0 Å². The summed E-state index contributed by atoms with van der Waals surface area (Å²) < 4.78 is 27.1. The summed E-state index contributed by atoms with van der Waals surface area (Å²) in [5.41, 5.74) is 0.619. The third-order valence-corrected chi connectivity index (χ3v) is 4.84. The molecule has 0 aromatic heterocycles. The minimum Gasteiger partial charge on any atom is -0.395 e. The Hall–Kier alpha value is -1.06. The summed E-state index contributed by atoms with van der Waals surface area (Å²) in [4.78, 5) is 0.0554. The first-order valence-electron chi connectivity index (χ1n) is 6.82. The van der Waals surface area contributed by atoms with E-state index >= 15 is 0 Å². The molecule has 0 heterocycles. The smallest absolute Gasteiger partial charge is 0.242 e. The van der Waals surface area contributed by atoms with Gasteiger partial charge in [0.1, 0.15) is 4.90 Å². The lowest BCUT2D eigenvalue weighted by atomic mass is 10.2. The molecule has 0 aliphatic rings. The van der Waals surface area contributed by atoms with Crippen molar-refractivity contribution in [2.75, 3.05) is 6.61 Å². The van der Waals surface area contributed by atoms with Crippen molar-refractivity contribution in [2.24, 2.45) is 0 Å². The van der Waals surface area contributed by atoms with E-state index in [1.165, 1.54) is 12.1 Å². The molecule has 1 rings (SSSR count). The highest BCUT2D eigenvalue weighted by molar-refractivity contribution is 7.89. The van der Waals surface area contributed by atoms with Crippen LogP contribution >= 0.6 is 11.6 Å². The van der Waals surface area contributed by atoms with Gasteiger partial charge in [-0.1, -0.05) is 36.8 Å². The maximum absolute atomic E-state index is 12.2. The maximum atomic E-state index is 12.2. The molecule has 0 saturated heterocycles. The number of hydrogen-bond donors (Lipinski definition) is 2. The number of sulfonamides is 1. The second-order valence-electron chi connectivity index (χ2n) is 4.73. The lowest BCUT2D eigenvalue weighted by molar-refractivity contribution is 0.305. The monoisotopic (exact) mass is 329 g/mol. The van der Waals surface area contributed by atoms with E-state index < -0.39 is 10.0 Å². The molecule has 1 unspecified atom stereocenters. The highest BCUT2D eigenvalue weighted by Gasteiger charge is 2.20. The molecule has 4 nitrogen and oxygen atoms in total. The van der Waals surface area contributed by atoms with Crippen LogP contribution < -0.4 is 4.72 Å². The summed E-state index contributed by atoms with van der Waals surface area (Å²) >= 11 is 6.05. The second kappa shape index (κ2) is 8.40. The Morgan fingerprint density at radius 3 is 2.71 bits per heavy atom. The Labute approximate surface area is 131 Å². The van der Waals surface area contributed by atoms with E-state index in [9.17, 15) is 8.42 Å². The molecular weight excluding hydrogens is 310 g/mol. The van der Waals surface area contributed by atoms with Crippen LogP contribution in [0.1, 0.15) is 38.7 Å². The molecule has 0 amide bonds. The summed E-state index contributed by atoms with van der Waals surface area (Å²) in [5, 5.41) is 8.80. The number of benzene rings is 1. The third kappa shape index (κ3) is 5.68. The zero-order valence-corrected chi connectivity index (χ0v) is 13.8. The average molecular weight is 330 g/mol. The summed E-state index contributed by atoms with van der Waals surface area (Å²) in [6.45, 7) is 3.81. The first kappa shape index (κ1) is 18.0. The van der Waals surface area contributed by atoms with Crippen LogP contribution in [0, 0.1) is 11.8 Å². The topological polar surface area (TPSA) is 66.4 Å². The highest BCUT2D eigenvalue weighted by Crippen LogP contribution is 2.22. The molecule has 0 spiro atoms. The van der Waals surface area contributed by atoms with Crippen molar-refractivity contribution in [1.82, 2.24) is 4.72 Å². The van der Waals surface area contributed by atoms with Gasteiger partial charge in [-0.05, 0) is 31.5 Å². The normalized spacial score (nSPS) is 12.6. The van der Waals surface area contributed by atoms with Crippen LogP contribution in [0.4, 0.5) is 0 Å². The fourth-order valence-electron chi connectivity index (χ4n) is 1.84. The Balaban J connectivity index is 2.96. The van der Waals surface area contributed by atoms with Crippen molar-refractivity contribution in [1.29, 1.82) is 0 Å². The Morgan fingerprint density at radius 1 is 1.43 bits per heavy atom. The van der Waals surface area contributed by atoms with E-state index in [1.807, 2.05) is 13.8 Å². The standard InChI is InChI=1S/C15H20ClNO3S/c1-3-6-12(2)17-21(19,20)15-9-8-13(11-14(15)16)7-4-5-10-18/h8-9,11-12,17-18H,3,5-6,10H2,1-2H3. The number of aliphatic hydroxyl groups is 1. The van der Waals surface area contributed by atoms with Gasteiger partial charge in [0, 0.05) is 18.0 Å². The Kier molecular flexibility index (Phi) is 7.20. The lowest BCUT2D eigenvalue weighted by Gasteiger charge is -2.14. The average Bonchev–Trinajstić information content (AvgIpc) is 2.38. The number of nitrogens with one attached hydrogen (secondary N) is 1. The molecule has 0 saturated carbocycles. The predicted molar refractivity (Wildman–Crippen MR) is 84.7 cm³/mol.